The first-order chi connectivity index (χ1) is 8.65. The van der Waals surface area contributed by atoms with E-state index in [2.05, 4.69) is 15.3 Å². The molecule has 1 unspecified atom stereocenters. The molecule has 2 aromatic rings. The molecule has 0 radical (unpaired) electrons. The maximum atomic E-state index is 14.2. The van der Waals surface area contributed by atoms with E-state index in [4.69, 9.17) is 0 Å². The Bertz CT molecular complexity index is 544. The standard InChI is InChI=1S/C13H15F2N3/c14-13(15,7-10-2-1-5-16-10)9-3-4-11-12(6-9)18-8-17-11/h3-4,6,8,10,16H,1-2,5,7H2,(H,17,18). The molecule has 0 saturated carbocycles. The van der Waals surface area contributed by atoms with Crippen LogP contribution in [0.3, 0.4) is 0 Å². The van der Waals surface area contributed by atoms with Crippen LogP contribution in [0.15, 0.2) is 24.5 Å². The van der Waals surface area contributed by atoms with Crippen LogP contribution in [0.2, 0.25) is 0 Å². The van der Waals surface area contributed by atoms with Gasteiger partial charge >= 0.3 is 0 Å². The van der Waals surface area contributed by atoms with E-state index in [1.165, 1.54) is 18.5 Å². The van der Waals surface area contributed by atoms with E-state index < -0.39 is 5.92 Å². The highest BCUT2D eigenvalue weighted by atomic mass is 19.3. The molecule has 1 aliphatic rings. The van der Waals surface area contributed by atoms with E-state index in [9.17, 15) is 8.78 Å². The third-order valence-electron chi connectivity index (χ3n) is 3.51. The Balaban J connectivity index is 1.86. The number of H-pyrrole nitrogens is 1. The van der Waals surface area contributed by atoms with Crippen molar-refractivity contribution in [2.24, 2.45) is 0 Å². The van der Waals surface area contributed by atoms with Gasteiger partial charge in [-0.2, -0.15) is 0 Å². The lowest BCUT2D eigenvalue weighted by Gasteiger charge is -2.20. The second-order valence-corrected chi connectivity index (χ2v) is 4.84. The normalized spacial score (nSPS) is 20.7. The number of rotatable bonds is 3. The van der Waals surface area contributed by atoms with E-state index in [0.29, 0.717) is 11.0 Å². The zero-order chi connectivity index (χ0) is 12.6. The summed E-state index contributed by atoms with van der Waals surface area (Å²) in [6.45, 7) is 0.848. The number of nitrogens with one attached hydrogen (secondary N) is 2. The van der Waals surface area contributed by atoms with Crippen molar-refractivity contribution in [3.63, 3.8) is 0 Å². The number of fused-ring (bicyclic) bond motifs is 1. The number of imidazole rings is 1. The minimum absolute atomic E-state index is 0.0629. The van der Waals surface area contributed by atoms with E-state index in [1.807, 2.05) is 0 Å². The summed E-state index contributed by atoms with van der Waals surface area (Å²) in [6, 6.07) is 4.53. The Morgan fingerprint density at radius 1 is 1.39 bits per heavy atom. The summed E-state index contributed by atoms with van der Waals surface area (Å²) < 4.78 is 28.3. The van der Waals surface area contributed by atoms with Crippen molar-refractivity contribution in [3.8, 4) is 0 Å². The number of halogens is 2. The molecule has 2 N–H and O–H groups in total. The fourth-order valence-corrected chi connectivity index (χ4v) is 2.52. The third-order valence-corrected chi connectivity index (χ3v) is 3.51. The molecule has 1 atom stereocenters. The zero-order valence-corrected chi connectivity index (χ0v) is 9.92. The predicted octanol–water partition coefficient (Wildman–Crippen LogP) is 2.80. The lowest BCUT2D eigenvalue weighted by molar-refractivity contribution is -0.0212. The van der Waals surface area contributed by atoms with Crippen LogP contribution < -0.4 is 5.32 Å². The predicted molar refractivity (Wildman–Crippen MR) is 65.6 cm³/mol. The van der Waals surface area contributed by atoms with Crippen molar-refractivity contribution in [2.75, 3.05) is 6.54 Å². The Morgan fingerprint density at radius 3 is 3.06 bits per heavy atom. The number of aromatic amines is 1. The number of nitrogens with zero attached hydrogens (tertiary/aromatic N) is 1. The van der Waals surface area contributed by atoms with Crippen LogP contribution in [0.4, 0.5) is 8.78 Å². The van der Waals surface area contributed by atoms with Crippen LogP contribution in [0, 0.1) is 0 Å². The first-order valence-electron chi connectivity index (χ1n) is 6.20. The molecule has 0 spiro atoms. The van der Waals surface area contributed by atoms with Gasteiger partial charge in [0.05, 0.1) is 17.4 Å². The van der Waals surface area contributed by atoms with Crippen molar-refractivity contribution in [1.82, 2.24) is 15.3 Å². The summed E-state index contributed by atoms with van der Waals surface area (Å²) in [4.78, 5) is 6.90. The zero-order valence-electron chi connectivity index (χ0n) is 9.92. The first-order valence-corrected chi connectivity index (χ1v) is 6.20. The van der Waals surface area contributed by atoms with Gasteiger partial charge in [0.15, 0.2) is 0 Å². The Kier molecular flexibility index (Phi) is 2.78. The maximum Gasteiger partial charge on any atom is 0.274 e. The lowest BCUT2D eigenvalue weighted by atomic mass is 9.99. The number of alkyl halides is 2. The van der Waals surface area contributed by atoms with Gasteiger partial charge in [-0.05, 0) is 31.5 Å². The first kappa shape index (κ1) is 11.6. The van der Waals surface area contributed by atoms with Gasteiger partial charge in [0, 0.05) is 18.0 Å². The number of aromatic nitrogens is 2. The molecule has 1 aromatic carbocycles. The molecule has 0 bridgehead atoms. The highest BCUT2D eigenvalue weighted by molar-refractivity contribution is 5.75. The summed E-state index contributed by atoms with van der Waals surface area (Å²) in [5, 5.41) is 3.11. The number of hydrogen-bond acceptors (Lipinski definition) is 2. The van der Waals surface area contributed by atoms with Crippen LogP contribution in [0.5, 0.6) is 0 Å². The minimum atomic E-state index is -2.79. The largest absolute Gasteiger partial charge is 0.345 e. The second-order valence-electron chi connectivity index (χ2n) is 4.84. The molecule has 0 aliphatic carbocycles. The fourth-order valence-electron chi connectivity index (χ4n) is 2.52. The van der Waals surface area contributed by atoms with Gasteiger partial charge in [0.25, 0.3) is 5.92 Å². The van der Waals surface area contributed by atoms with Crippen molar-refractivity contribution < 1.29 is 8.78 Å². The van der Waals surface area contributed by atoms with Crippen LogP contribution >= 0.6 is 0 Å². The Labute approximate surface area is 104 Å². The summed E-state index contributed by atoms with van der Waals surface area (Å²) in [6.07, 6.45) is 3.21. The van der Waals surface area contributed by atoms with Gasteiger partial charge < -0.3 is 10.3 Å². The smallest absolute Gasteiger partial charge is 0.274 e. The van der Waals surface area contributed by atoms with E-state index in [-0.39, 0.29) is 18.0 Å². The Hall–Kier alpha value is -1.49. The molecule has 1 fully saturated rings. The molecular formula is C13H15F2N3. The average Bonchev–Trinajstić information content (AvgIpc) is 2.97. The van der Waals surface area contributed by atoms with E-state index in [0.717, 1.165) is 19.4 Å². The summed E-state index contributed by atoms with van der Waals surface area (Å²) in [7, 11) is 0. The van der Waals surface area contributed by atoms with Crippen LogP contribution in [-0.4, -0.2) is 22.6 Å². The van der Waals surface area contributed by atoms with Gasteiger partial charge in [0.1, 0.15) is 0 Å². The summed E-state index contributed by atoms with van der Waals surface area (Å²) in [5.74, 6) is -2.79. The van der Waals surface area contributed by atoms with Crippen molar-refractivity contribution in [3.05, 3.63) is 30.1 Å². The topological polar surface area (TPSA) is 40.7 Å². The summed E-state index contributed by atoms with van der Waals surface area (Å²) in [5.41, 5.74) is 1.44. The molecule has 18 heavy (non-hydrogen) atoms. The van der Waals surface area contributed by atoms with Gasteiger partial charge in [-0.1, -0.05) is 6.07 Å². The highest BCUT2D eigenvalue weighted by Gasteiger charge is 2.35. The lowest BCUT2D eigenvalue weighted by Crippen LogP contribution is -2.29. The SMILES string of the molecule is FC(F)(CC1CCCN1)c1ccc2nc[nH]c2c1. The minimum Gasteiger partial charge on any atom is -0.345 e. The molecule has 96 valence electrons. The van der Waals surface area contributed by atoms with Gasteiger partial charge in [-0.3, -0.25) is 0 Å². The van der Waals surface area contributed by atoms with Crippen LogP contribution in [-0.2, 0) is 5.92 Å². The highest BCUT2D eigenvalue weighted by Crippen LogP contribution is 2.35. The van der Waals surface area contributed by atoms with Crippen LogP contribution in [0.1, 0.15) is 24.8 Å². The van der Waals surface area contributed by atoms with Gasteiger partial charge in [0.2, 0.25) is 0 Å². The van der Waals surface area contributed by atoms with Crippen molar-refractivity contribution in [2.45, 2.75) is 31.2 Å². The summed E-state index contributed by atoms with van der Waals surface area (Å²) >= 11 is 0. The van der Waals surface area contributed by atoms with E-state index >= 15 is 0 Å². The number of benzene rings is 1. The monoisotopic (exact) mass is 251 g/mol. The fraction of sp³-hybridized carbons (Fsp3) is 0.462. The maximum absolute atomic E-state index is 14.2. The van der Waals surface area contributed by atoms with Crippen molar-refractivity contribution >= 4 is 11.0 Å². The molecule has 3 rings (SSSR count). The molecule has 1 saturated heterocycles. The molecule has 3 nitrogen and oxygen atoms in total. The molecular weight excluding hydrogens is 236 g/mol. The molecule has 2 heterocycles. The molecule has 0 amide bonds. The Morgan fingerprint density at radius 2 is 2.28 bits per heavy atom. The number of hydrogen-bond donors (Lipinski definition) is 2. The van der Waals surface area contributed by atoms with E-state index in [1.54, 1.807) is 6.07 Å². The third kappa shape index (κ3) is 2.10. The molecule has 5 heteroatoms. The van der Waals surface area contributed by atoms with Crippen molar-refractivity contribution in [1.29, 1.82) is 0 Å². The second kappa shape index (κ2) is 4.31. The van der Waals surface area contributed by atoms with Gasteiger partial charge in [-0.25, -0.2) is 13.8 Å². The van der Waals surface area contributed by atoms with Crippen LogP contribution in [0.25, 0.3) is 11.0 Å². The average molecular weight is 251 g/mol. The molecule has 1 aromatic heterocycles. The molecule has 1 aliphatic heterocycles. The quantitative estimate of drug-likeness (QED) is 0.880. The van der Waals surface area contributed by atoms with Gasteiger partial charge in [-0.15, -0.1) is 0 Å².